The number of rotatable bonds is 8. The Kier molecular flexibility index (Phi) is 5.37. The lowest BCUT2D eigenvalue weighted by Crippen LogP contribution is -2.65. The number of nitrogens with zero attached hydrogens (tertiary/aromatic N) is 4. The van der Waals surface area contributed by atoms with Gasteiger partial charge in [0.15, 0.2) is 5.82 Å². The van der Waals surface area contributed by atoms with Gasteiger partial charge in [-0.15, -0.1) is 0 Å². The van der Waals surface area contributed by atoms with Crippen molar-refractivity contribution in [1.82, 2.24) is 10.1 Å². The summed E-state index contributed by atoms with van der Waals surface area (Å²) in [7, 11) is 0. The minimum atomic E-state index is -1.01. The van der Waals surface area contributed by atoms with E-state index in [0.717, 1.165) is 67.1 Å². The maximum Gasteiger partial charge on any atom is 0.232 e. The maximum atomic E-state index is 14.3. The van der Waals surface area contributed by atoms with Crippen molar-refractivity contribution >= 4 is 11.6 Å². The van der Waals surface area contributed by atoms with E-state index >= 15 is 0 Å². The molecule has 0 atom stereocenters. The zero-order valence-electron chi connectivity index (χ0n) is 23.4. The van der Waals surface area contributed by atoms with Crippen LogP contribution in [0.2, 0.25) is 0 Å². The number of hydrogen-bond acceptors (Lipinski definition) is 5. The van der Waals surface area contributed by atoms with Gasteiger partial charge >= 0.3 is 0 Å². The van der Waals surface area contributed by atoms with E-state index in [9.17, 15) is 14.4 Å². The molecule has 0 radical (unpaired) electrons. The van der Waals surface area contributed by atoms with Gasteiger partial charge in [-0.2, -0.15) is 10.2 Å². The predicted molar refractivity (Wildman–Crippen MR) is 152 cm³/mol. The Morgan fingerprint density at radius 3 is 2.32 bits per heavy atom. The van der Waals surface area contributed by atoms with Gasteiger partial charge < -0.3 is 9.42 Å². The number of hydrogen-bond donors (Lipinski definition) is 0. The molecule has 41 heavy (non-hydrogen) atoms. The third-order valence-electron chi connectivity index (χ3n) is 11.1. The SMILES string of the molecule is N#Cc1ccc(-c2cccc(N(CC34CCC(c5nc(C6CC6)no5)(CC3)CC4)C(=O)CC34CC(F)(C3)C4)c2)cc1. The van der Waals surface area contributed by atoms with Gasteiger partial charge in [0.05, 0.1) is 11.6 Å². The van der Waals surface area contributed by atoms with Crippen molar-refractivity contribution in [3.05, 3.63) is 65.8 Å². The molecule has 7 fully saturated rings. The summed E-state index contributed by atoms with van der Waals surface area (Å²) in [5.74, 6) is 2.33. The van der Waals surface area contributed by atoms with Crippen molar-refractivity contribution in [3.8, 4) is 17.2 Å². The van der Waals surface area contributed by atoms with Crippen molar-refractivity contribution in [2.45, 2.75) is 94.1 Å². The number of carbonyl (C=O) groups excluding carboxylic acids is 1. The predicted octanol–water partition coefficient (Wildman–Crippen LogP) is 7.39. The highest BCUT2D eigenvalue weighted by atomic mass is 19.1. The molecule has 6 nitrogen and oxygen atoms in total. The number of alkyl halides is 1. The molecule has 0 unspecified atom stereocenters. The molecule has 4 bridgehead atoms. The van der Waals surface area contributed by atoms with Crippen LogP contribution in [0.1, 0.15) is 100 Å². The number of halogens is 1. The molecule has 10 rings (SSSR count). The Labute approximate surface area is 239 Å². The van der Waals surface area contributed by atoms with Gasteiger partial charge in [0.2, 0.25) is 11.8 Å². The summed E-state index contributed by atoms with van der Waals surface area (Å²) in [6.07, 6.45) is 10.5. The lowest BCUT2D eigenvalue weighted by molar-refractivity contribution is -0.215. The Balaban J connectivity index is 1.05. The summed E-state index contributed by atoms with van der Waals surface area (Å²) in [6, 6.07) is 17.9. The van der Waals surface area contributed by atoms with E-state index in [4.69, 9.17) is 9.51 Å². The topological polar surface area (TPSA) is 83.0 Å². The van der Waals surface area contributed by atoms with E-state index in [2.05, 4.69) is 23.4 Å². The van der Waals surface area contributed by atoms with Crippen LogP contribution < -0.4 is 4.90 Å². The summed E-state index contributed by atoms with van der Waals surface area (Å²) >= 11 is 0. The van der Waals surface area contributed by atoms with Crippen LogP contribution in [0.25, 0.3) is 11.1 Å². The largest absolute Gasteiger partial charge is 0.339 e. The van der Waals surface area contributed by atoms with Gasteiger partial charge in [-0.3, -0.25) is 4.79 Å². The van der Waals surface area contributed by atoms with Gasteiger partial charge in [0.1, 0.15) is 5.67 Å². The number of benzene rings is 2. The van der Waals surface area contributed by atoms with Crippen molar-refractivity contribution in [2.75, 3.05) is 11.4 Å². The molecule has 7 saturated carbocycles. The first-order valence-electron chi connectivity index (χ1n) is 15.2. The van der Waals surface area contributed by atoms with Crippen LogP contribution in [0, 0.1) is 22.2 Å². The molecule has 7 heteroatoms. The van der Waals surface area contributed by atoms with Gasteiger partial charge in [0, 0.05) is 30.0 Å². The molecule has 3 aromatic rings. The standard InChI is InChI=1S/C34H35FN4O2/c35-34-19-32(20-34,21-34)17-28(40)39(27-3-1-2-26(16-27)24-6-4-23(18-36)5-7-24)22-31-10-13-33(14-11-31,15-12-31)30-37-29(38-41-30)25-8-9-25/h1-7,16,25H,8-15,17,19-22H2. The number of carbonyl (C=O) groups is 1. The monoisotopic (exact) mass is 550 g/mol. The summed E-state index contributed by atoms with van der Waals surface area (Å²) in [5.41, 5.74) is 2.45. The van der Waals surface area contributed by atoms with Crippen LogP contribution >= 0.6 is 0 Å². The van der Waals surface area contributed by atoms with E-state index < -0.39 is 5.67 Å². The molecule has 1 heterocycles. The van der Waals surface area contributed by atoms with Crippen LogP contribution in [0.15, 0.2) is 53.1 Å². The van der Waals surface area contributed by atoms with Crippen molar-refractivity contribution in [1.29, 1.82) is 5.26 Å². The second kappa shape index (κ2) is 8.74. The van der Waals surface area contributed by atoms with Crippen LogP contribution in [0.5, 0.6) is 0 Å². The first-order chi connectivity index (χ1) is 19.8. The normalized spacial score (nSPS) is 33.0. The molecule has 1 amide bonds. The fourth-order valence-corrected chi connectivity index (χ4v) is 8.49. The van der Waals surface area contributed by atoms with Gasteiger partial charge in [-0.25, -0.2) is 4.39 Å². The quantitative estimate of drug-likeness (QED) is 0.292. The third-order valence-corrected chi connectivity index (χ3v) is 11.1. The molecule has 0 spiro atoms. The highest BCUT2D eigenvalue weighted by Gasteiger charge is 2.69. The molecular weight excluding hydrogens is 515 g/mol. The van der Waals surface area contributed by atoms with Crippen LogP contribution in [0.3, 0.4) is 0 Å². The molecule has 0 aliphatic heterocycles. The average Bonchev–Trinajstić information content (AvgIpc) is 3.71. The van der Waals surface area contributed by atoms with Crippen molar-refractivity contribution < 1.29 is 13.7 Å². The van der Waals surface area contributed by atoms with E-state index in [1.165, 1.54) is 12.8 Å². The van der Waals surface area contributed by atoms with Gasteiger partial charge in [-0.1, -0.05) is 29.4 Å². The zero-order chi connectivity index (χ0) is 27.9. The summed E-state index contributed by atoms with van der Waals surface area (Å²) < 4.78 is 20.2. The lowest BCUT2D eigenvalue weighted by atomic mass is 9.41. The molecule has 2 aromatic carbocycles. The summed E-state index contributed by atoms with van der Waals surface area (Å²) in [6.45, 7) is 0.687. The van der Waals surface area contributed by atoms with Gasteiger partial charge in [-0.05, 0) is 117 Å². The fraction of sp³-hybridized carbons (Fsp3) is 0.529. The first kappa shape index (κ1) is 25.2. The zero-order valence-corrected chi connectivity index (χ0v) is 23.4. The first-order valence-corrected chi connectivity index (χ1v) is 15.2. The van der Waals surface area contributed by atoms with E-state index in [1.54, 1.807) is 0 Å². The number of anilines is 1. The molecule has 1 aromatic heterocycles. The second-order valence-corrected chi connectivity index (χ2v) is 14.1. The summed E-state index contributed by atoms with van der Waals surface area (Å²) in [4.78, 5) is 20.9. The maximum absolute atomic E-state index is 14.3. The highest BCUT2D eigenvalue weighted by Crippen LogP contribution is 2.71. The Morgan fingerprint density at radius 1 is 0.976 bits per heavy atom. The molecule has 0 N–H and O–H groups in total. The highest BCUT2D eigenvalue weighted by molar-refractivity contribution is 5.95. The van der Waals surface area contributed by atoms with Crippen LogP contribution in [-0.4, -0.2) is 28.3 Å². The van der Waals surface area contributed by atoms with Crippen molar-refractivity contribution in [2.24, 2.45) is 10.8 Å². The van der Waals surface area contributed by atoms with Crippen LogP contribution in [-0.2, 0) is 10.2 Å². The molecule has 210 valence electrons. The van der Waals surface area contributed by atoms with Crippen LogP contribution in [0.4, 0.5) is 10.1 Å². The molecule has 0 saturated heterocycles. The number of fused-ring (bicyclic) bond motifs is 3. The number of amides is 1. The Hall–Kier alpha value is -3.53. The Bertz CT molecular complexity index is 1520. The minimum Gasteiger partial charge on any atom is -0.339 e. The van der Waals surface area contributed by atoms with E-state index in [0.29, 0.717) is 43.7 Å². The minimum absolute atomic E-state index is 0.0203. The van der Waals surface area contributed by atoms with E-state index in [-0.39, 0.29) is 22.2 Å². The Morgan fingerprint density at radius 2 is 1.68 bits per heavy atom. The smallest absolute Gasteiger partial charge is 0.232 e. The molecule has 7 aliphatic rings. The van der Waals surface area contributed by atoms with Crippen molar-refractivity contribution in [3.63, 3.8) is 0 Å². The fourth-order valence-electron chi connectivity index (χ4n) is 8.49. The van der Waals surface area contributed by atoms with E-state index in [1.807, 2.05) is 41.3 Å². The average molecular weight is 551 g/mol. The number of nitriles is 1. The second-order valence-electron chi connectivity index (χ2n) is 14.1. The lowest BCUT2D eigenvalue weighted by Gasteiger charge is -2.66. The third kappa shape index (κ3) is 4.21. The number of aromatic nitrogens is 2. The summed E-state index contributed by atoms with van der Waals surface area (Å²) in [5, 5.41) is 13.5. The molecule has 7 aliphatic carbocycles. The molecular formula is C34H35FN4O2. The van der Waals surface area contributed by atoms with Gasteiger partial charge in [0.25, 0.3) is 0 Å².